The normalized spacial score (nSPS) is 16.9. The molecule has 0 aromatic heterocycles. The van der Waals surface area contributed by atoms with Crippen LogP contribution in [0, 0.1) is 0 Å². The maximum absolute atomic E-state index is 12.3. The monoisotopic (exact) mass is 321 g/mol. The van der Waals surface area contributed by atoms with Gasteiger partial charge in [0.2, 0.25) is 0 Å². The molecule has 2 N–H and O–H groups in total. The maximum Gasteiger partial charge on any atom is 0.387 e. The predicted octanol–water partition coefficient (Wildman–Crippen LogP) is 2.67. The van der Waals surface area contributed by atoms with Crippen LogP contribution in [0.2, 0.25) is 0 Å². The Hall–Kier alpha value is -0.720. The molecule has 0 heterocycles. The van der Waals surface area contributed by atoms with Crippen LogP contribution in [0.1, 0.15) is 18.4 Å². The van der Waals surface area contributed by atoms with E-state index in [4.69, 9.17) is 0 Å². The highest BCUT2D eigenvalue weighted by Gasteiger charge is 2.41. The molecule has 3 nitrogen and oxygen atoms in total. The van der Waals surface area contributed by atoms with E-state index in [0.717, 1.165) is 17.3 Å². The van der Waals surface area contributed by atoms with Gasteiger partial charge in [-0.2, -0.15) is 8.78 Å². The van der Waals surface area contributed by atoms with Crippen molar-refractivity contribution in [2.45, 2.75) is 31.5 Å². The van der Waals surface area contributed by atoms with Crippen LogP contribution in [0.25, 0.3) is 0 Å². The quantitative estimate of drug-likeness (QED) is 0.846. The molecule has 1 aliphatic carbocycles. The fourth-order valence-corrected chi connectivity index (χ4v) is 2.13. The van der Waals surface area contributed by atoms with E-state index in [1.54, 1.807) is 12.1 Å². The second-order valence-corrected chi connectivity index (χ2v) is 5.34. The highest BCUT2D eigenvalue weighted by Crippen LogP contribution is 2.35. The van der Waals surface area contributed by atoms with Gasteiger partial charge in [-0.05, 0) is 31.0 Å². The van der Waals surface area contributed by atoms with Gasteiger partial charge in [0, 0.05) is 22.1 Å². The molecule has 0 aliphatic heterocycles. The molecule has 1 fully saturated rings. The molecule has 0 spiro atoms. The lowest BCUT2D eigenvalue weighted by atomic mass is 10.2. The number of benzene rings is 1. The Labute approximate surface area is 112 Å². The fraction of sp³-hybridized carbons (Fsp3) is 0.500. The molecule has 1 aromatic rings. The van der Waals surface area contributed by atoms with Gasteiger partial charge in [0.25, 0.3) is 0 Å². The van der Waals surface area contributed by atoms with Crippen LogP contribution in [0.5, 0.6) is 5.75 Å². The SMILES string of the molecule is OCC1(NCc2cc(Br)ccc2OC(F)F)CC1. The molecule has 1 aliphatic rings. The Morgan fingerprint density at radius 1 is 1.44 bits per heavy atom. The molecule has 0 unspecified atom stereocenters. The van der Waals surface area contributed by atoms with Gasteiger partial charge in [0.15, 0.2) is 0 Å². The summed E-state index contributed by atoms with van der Waals surface area (Å²) in [5.74, 6) is 0.162. The summed E-state index contributed by atoms with van der Waals surface area (Å²) < 4.78 is 29.8. The average molecular weight is 322 g/mol. The van der Waals surface area contributed by atoms with Gasteiger partial charge in [-0.15, -0.1) is 0 Å². The number of rotatable bonds is 6. The summed E-state index contributed by atoms with van der Waals surface area (Å²) in [6.07, 6.45) is 1.81. The van der Waals surface area contributed by atoms with E-state index in [-0.39, 0.29) is 17.9 Å². The zero-order valence-electron chi connectivity index (χ0n) is 9.63. The van der Waals surface area contributed by atoms with Crippen molar-refractivity contribution in [1.82, 2.24) is 5.32 Å². The Morgan fingerprint density at radius 3 is 2.72 bits per heavy atom. The number of aliphatic hydroxyl groups is 1. The molecule has 2 rings (SSSR count). The fourth-order valence-electron chi connectivity index (χ4n) is 1.72. The molecule has 100 valence electrons. The van der Waals surface area contributed by atoms with Crippen molar-refractivity contribution in [3.8, 4) is 5.75 Å². The third kappa shape index (κ3) is 3.40. The number of hydrogen-bond donors (Lipinski definition) is 2. The zero-order chi connectivity index (χ0) is 13.2. The van der Waals surface area contributed by atoms with E-state index in [9.17, 15) is 13.9 Å². The average Bonchev–Trinajstić information content (AvgIpc) is 3.10. The third-order valence-corrected chi connectivity index (χ3v) is 3.54. The number of nitrogens with one attached hydrogen (secondary N) is 1. The second-order valence-electron chi connectivity index (χ2n) is 4.42. The van der Waals surface area contributed by atoms with Crippen LogP contribution in [-0.4, -0.2) is 23.9 Å². The van der Waals surface area contributed by atoms with Crippen molar-refractivity contribution in [3.05, 3.63) is 28.2 Å². The summed E-state index contributed by atoms with van der Waals surface area (Å²) in [4.78, 5) is 0. The van der Waals surface area contributed by atoms with Crippen molar-refractivity contribution in [2.75, 3.05) is 6.61 Å². The van der Waals surface area contributed by atoms with Gasteiger partial charge in [0.1, 0.15) is 5.75 Å². The molecule has 0 bridgehead atoms. The first-order valence-electron chi connectivity index (χ1n) is 5.64. The highest BCUT2D eigenvalue weighted by atomic mass is 79.9. The van der Waals surface area contributed by atoms with Crippen molar-refractivity contribution in [2.24, 2.45) is 0 Å². The minimum Gasteiger partial charge on any atom is -0.434 e. The largest absolute Gasteiger partial charge is 0.434 e. The molecule has 0 amide bonds. The van der Waals surface area contributed by atoms with Gasteiger partial charge in [0.05, 0.1) is 6.61 Å². The summed E-state index contributed by atoms with van der Waals surface area (Å²) in [6, 6.07) is 4.89. The van der Waals surface area contributed by atoms with Gasteiger partial charge < -0.3 is 15.2 Å². The van der Waals surface area contributed by atoms with Crippen LogP contribution in [0.15, 0.2) is 22.7 Å². The van der Waals surface area contributed by atoms with E-state index in [0.29, 0.717) is 12.1 Å². The lowest BCUT2D eigenvalue weighted by molar-refractivity contribution is -0.0505. The van der Waals surface area contributed by atoms with Crippen LogP contribution in [0.4, 0.5) is 8.78 Å². The molecule has 1 saturated carbocycles. The van der Waals surface area contributed by atoms with Crippen molar-refractivity contribution >= 4 is 15.9 Å². The molecular formula is C12H14BrF2NO2. The highest BCUT2D eigenvalue weighted by molar-refractivity contribution is 9.10. The van der Waals surface area contributed by atoms with Gasteiger partial charge in [-0.3, -0.25) is 0 Å². The van der Waals surface area contributed by atoms with E-state index < -0.39 is 6.61 Å². The summed E-state index contributed by atoms with van der Waals surface area (Å²) in [5.41, 5.74) is 0.411. The Bertz CT molecular complexity index is 425. The third-order valence-electron chi connectivity index (χ3n) is 3.05. The number of aliphatic hydroxyl groups excluding tert-OH is 1. The van der Waals surface area contributed by atoms with Crippen LogP contribution >= 0.6 is 15.9 Å². The van der Waals surface area contributed by atoms with E-state index in [1.807, 2.05) is 0 Å². The predicted molar refractivity (Wildman–Crippen MR) is 66.7 cm³/mol. The summed E-state index contributed by atoms with van der Waals surface area (Å²) >= 11 is 3.30. The second kappa shape index (κ2) is 5.50. The van der Waals surface area contributed by atoms with E-state index in [2.05, 4.69) is 26.0 Å². The summed E-state index contributed by atoms with van der Waals surface area (Å²) in [7, 11) is 0. The smallest absolute Gasteiger partial charge is 0.387 e. The Kier molecular flexibility index (Phi) is 4.19. The standard InChI is InChI=1S/C12H14BrF2NO2/c13-9-1-2-10(18-11(14)15)8(5-9)6-16-12(7-17)3-4-12/h1-2,5,11,16-17H,3-4,6-7H2. The maximum atomic E-state index is 12.3. The van der Waals surface area contributed by atoms with Crippen LogP contribution in [-0.2, 0) is 6.54 Å². The number of hydrogen-bond acceptors (Lipinski definition) is 3. The van der Waals surface area contributed by atoms with Gasteiger partial charge >= 0.3 is 6.61 Å². The first-order valence-corrected chi connectivity index (χ1v) is 6.43. The van der Waals surface area contributed by atoms with E-state index in [1.165, 1.54) is 6.07 Å². The zero-order valence-corrected chi connectivity index (χ0v) is 11.2. The molecular weight excluding hydrogens is 308 g/mol. The summed E-state index contributed by atoms with van der Waals surface area (Å²) in [5, 5.41) is 12.4. The van der Waals surface area contributed by atoms with Crippen molar-refractivity contribution < 1.29 is 18.6 Å². The molecule has 6 heteroatoms. The first kappa shape index (κ1) is 13.7. The minimum atomic E-state index is -2.84. The molecule has 18 heavy (non-hydrogen) atoms. The lowest BCUT2D eigenvalue weighted by Gasteiger charge is -2.16. The number of ether oxygens (including phenoxy) is 1. The lowest BCUT2D eigenvalue weighted by Crippen LogP contribution is -2.34. The topological polar surface area (TPSA) is 41.5 Å². The van der Waals surface area contributed by atoms with E-state index >= 15 is 0 Å². The Morgan fingerprint density at radius 2 is 2.17 bits per heavy atom. The molecule has 0 atom stereocenters. The minimum absolute atomic E-state index is 0.0615. The van der Waals surface area contributed by atoms with Crippen LogP contribution < -0.4 is 10.1 Å². The number of halogens is 3. The van der Waals surface area contributed by atoms with Gasteiger partial charge in [-0.25, -0.2) is 0 Å². The van der Waals surface area contributed by atoms with Gasteiger partial charge in [-0.1, -0.05) is 15.9 Å². The number of alkyl halides is 2. The van der Waals surface area contributed by atoms with Crippen LogP contribution in [0.3, 0.4) is 0 Å². The first-order chi connectivity index (χ1) is 8.54. The van der Waals surface area contributed by atoms with Crippen molar-refractivity contribution in [3.63, 3.8) is 0 Å². The Balaban J connectivity index is 2.07. The molecule has 1 aromatic carbocycles. The molecule has 0 saturated heterocycles. The summed E-state index contributed by atoms with van der Waals surface area (Å²) in [6.45, 7) is -2.38. The molecule has 0 radical (unpaired) electrons. The van der Waals surface area contributed by atoms with Crippen molar-refractivity contribution in [1.29, 1.82) is 0 Å².